The molecule has 2 nitrogen and oxygen atoms in total. The molecular weight excluding hydrogens is 162 g/mol. The van der Waals surface area contributed by atoms with Crippen molar-refractivity contribution in [3.63, 3.8) is 0 Å². The van der Waals surface area contributed by atoms with E-state index in [1.165, 1.54) is 0 Å². The number of ether oxygens (including phenoxy) is 1. The van der Waals surface area contributed by atoms with Gasteiger partial charge in [-0.25, -0.2) is 0 Å². The van der Waals surface area contributed by atoms with Crippen LogP contribution in [-0.2, 0) is 0 Å². The van der Waals surface area contributed by atoms with Crippen molar-refractivity contribution in [1.82, 2.24) is 0 Å². The van der Waals surface area contributed by atoms with Gasteiger partial charge in [0.15, 0.2) is 5.90 Å². The molecule has 0 heterocycles. The molecule has 1 N–H and O–H groups in total. The molecule has 0 aromatic heterocycles. The number of para-hydroxylation sites is 1. The average molecular weight is 177 g/mol. The second-order valence-corrected chi connectivity index (χ2v) is 2.94. The first-order valence-corrected chi connectivity index (χ1v) is 4.63. The number of unbranched alkanes of at least 4 members (excludes halogenated alkanes) is 1. The van der Waals surface area contributed by atoms with Gasteiger partial charge in [0.2, 0.25) is 0 Å². The predicted octanol–water partition coefficient (Wildman–Crippen LogP) is 3.23. The van der Waals surface area contributed by atoms with Crippen LogP contribution in [0.1, 0.15) is 26.2 Å². The summed E-state index contributed by atoms with van der Waals surface area (Å²) in [7, 11) is 0. The van der Waals surface area contributed by atoms with E-state index in [1.54, 1.807) is 0 Å². The number of benzene rings is 1. The Morgan fingerprint density at radius 1 is 1.31 bits per heavy atom. The largest absolute Gasteiger partial charge is 0.444 e. The molecule has 0 spiro atoms. The molecule has 1 aromatic rings. The monoisotopic (exact) mass is 177 g/mol. The van der Waals surface area contributed by atoms with E-state index in [4.69, 9.17) is 10.1 Å². The normalized spacial score (nSPS) is 9.62. The van der Waals surface area contributed by atoms with E-state index in [9.17, 15) is 0 Å². The Morgan fingerprint density at radius 2 is 2.00 bits per heavy atom. The number of nitrogens with one attached hydrogen (secondary N) is 1. The van der Waals surface area contributed by atoms with Gasteiger partial charge in [0.05, 0.1) is 0 Å². The third kappa shape index (κ3) is 3.74. The lowest BCUT2D eigenvalue weighted by molar-refractivity contribution is 0.520. The fourth-order valence-electron chi connectivity index (χ4n) is 1.02. The molecule has 0 aliphatic carbocycles. The summed E-state index contributed by atoms with van der Waals surface area (Å²) in [5.74, 6) is 1.11. The van der Waals surface area contributed by atoms with Gasteiger partial charge in [-0.2, -0.15) is 0 Å². The van der Waals surface area contributed by atoms with Crippen molar-refractivity contribution in [3.05, 3.63) is 30.3 Å². The van der Waals surface area contributed by atoms with E-state index < -0.39 is 0 Å². The van der Waals surface area contributed by atoms with Crippen molar-refractivity contribution >= 4 is 5.90 Å². The highest BCUT2D eigenvalue weighted by Crippen LogP contribution is 2.10. The molecule has 0 atom stereocenters. The van der Waals surface area contributed by atoms with E-state index in [0.29, 0.717) is 5.90 Å². The number of hydrogen-bond acceptors (Lipinski definition) is 2. The standard InChI is InChI=1S/C11H15NO/c1-2-3-9-11(12)13-10-7-5-4-6-8-10/h4-8,12H,2-3,9H2,1H3. The molecule has 0 radical (unpaired) electrons. The second kappa shape index (κ2) is 5.36. The van der Waals surface area contributed by atoms with Gasteiger partial charge in [-0.15, -0.1) is 0 Å². The first kappa shape index (κ1) is 9.78. The SMILES string of the molecule is CCCCC(=N)Oc1ccccc1. The molecular formula is C11H15NO. The van der Waals surface area contributed by atoms with Crippen LogP contribution in [0.5, 0.6) is 5.75 Å². The summed E-state index contributed by atoms with van der Waals surface area (Å²) in [5.41, 5.74) is 0. The molecule has 1 rings (SSSR count). The highest BCUT2D eigenvalue weighted by Gasteiger charge is 1.98. The maximum Gasteiger partial charge on any atom is 0.187 e. The maximum atomic E-state index is 7.51. The van der Waals surface area contributed by atoms with E-state index in [2.05, 4.69) is 6.92 Å². The molecule has 2 heteroatoms. The third-order valence-corrected chi connectivity index (χ3v) is 1.74. The highest BCUT2D eigenvalue weighted by atomic mass is 16.5. The first-order chi connectivity index (χ1) is 6.33. The molecule has 1 aromatic carbocycles. The minimum absolute atomic E-state index is 0.355. The van der Waals surface area contributed by atoms with Crippen molar-refractivity contribution in [2.75, 3.05) is 0 Å². The molecule has 0 saturated carbocycles. The number of hydrogen-bond donors (Lipinski definition) is 1. The molecule has 0 amide bonds. The average Bonchev–Trinajstić information content (AvgIpc) is 2.16. The van der Waals surface area contributed by atoms with Crippen LogP contribution in [-0.4, -0.2) is 5.90 Å². The van der Waals surface area contributed by atoms with Crippen LogP contribution in [0.4, 0.5) is 0 Å². The summed E-state index contributed by atoms with van der Waals surface area (Å²) in [6, 6.07) is 9.47. The Morgan fingerprint density at radius 3 is 2.62 bits per heavy atom. The van der Waals surface area contributed by atoms with Crippen LogP contribution in [0.15, 0.2) is 30.3 Å². The van der Waals surface area contributed by atoms with Crippen molar-refractivity contribution in [2.24, 2.45) is 0 Å². The third-order valence-electron chi connectivity index (χ3n) is 1.74. The Labute approximate surface area is 79.1 Å². The topological polar surface area (TPSA) is 33.1 Å². The first-order valence-electron chi connectivity index (χ1n) is 4.63. The van der Waals surface area contributed by atoms with Crippen LogP contribution in [0.2, 0.25) is 0 Å². The Balaban J connectivity index is 2.37. The minimum atomic E-state index is 0.355. The number of rotatable bonds is 4. The van der Waals surface area contributed by atoms with Crippen molar-refractivity contribution in [3.8, 4) is 5.75 Å². The lowest BCUT2D eigenvalue weighted by Gasteiger charge is -2.05. The lowest BCUT2D eigenvalue weighted by atomic mass is 10.2. The fraction of sp³-hybridized carbons (Fsp3) is 0.364. The quantitative estimate of drug-likeness (QED) is 0.556. The van der Waals surface area contributed by atoms with Crippen LogP contribution >= 0.6 is 0 Å². The van der Waals surface area contributed by atoms with Gasteiger partial charge in [-0.05, 0) is 18.6 Å². The Hall–Kier alpha value is -1.31. The summed E-state index contributed by atoms with van der Waals surface area (Å²) in [5, 5.41) is 7.51. The maximum absolute atomic E-state index is 7.51. The molecule has 0 bridgehead atoms. The van der Waals surface area contributed by atoms with Crippen LogP contribution in [0.25, 0.3) is 0 Å². The zero-order chi connectivity index (χ0) is 9.52. The summed E-state index contributed by atoms with van der Waals surface area (Å²) in [4.78, 5) is 0. The fourth-order valence-corrected chi connectivity index (χ4v) is 1.02. The van der Waals surface area contributed by atoms with E-state index in [1.807, 2.05) is 30.3 Å². The smallest absolute Gasteiger partial charge is 0.187 e. The van der Waals surface area contributed by atoms with Crippen molar-refractivity contribution < 1.29 is 4.74 Å². The minimum Gasteiger partial charge on any atom is -0.444 e. The Bertz CT molecular complexity index is 256. The molecule has 13 heavy (non-hydrogen) atoms. The van der Waals surface area contributed by atoms with Gasteiger partial charge in [0.25, 0.3) is 0 Å². The summed E-state index contributed by atoms with van der Waals surface area (Å²) in [6.07, 6.45) is 2.84. The zero-order valence-corrected chi connectivity index (χ0v) is 7.92. The molecule has 0 fully saturated rings. The zero-order valence-electron chi connectivity index (χ0n) is 7.92. The van der Waals surface area contributed by atoms with E-state index >= 15 is 0 Å². The Kier molecular flexibility index (Phi) is 4.03. The van der Waals surface area contributed by atoms with Gasteiger partial charge in [0.1, 0.15) is 5.75 Å². The van der Waals surface area contributed by atoms with E-state index in [0.717, 1.165) is 25.0 Å². The van der Waals surface area contributed by atoms with Crippen LogP contribution in [0.3, 0.4) is 0 Å². The van der Waals surface area contributed by atoms with Gasteiger partial charge in [-0.1, -0.05) is 31.5 Å². The lowest BCUT2D eigenvalue weighted by Crippen LogP contribution is -2.05. The molecule has 0 aliphatic heterocycles. The van der Waals surface area contributed by atoms with E-state index in [-0.39, 0.29) is 0 Å². The van der Waals surface area contributed by atoms with Gasteiger partial charge in [0, 0.05) is 6.42 Å². The van der Waals surface area contributed by atoms with Gasteiger partial charge >= 0.3 is 0 Å². The highest BCUT2D eigenvalue weighted by molar-refractivity contribution is 5.75. The van der Waals surface area contributed by atoms with Crippen LogP contribution in [0, 0.1) is 5.41 Å². The van der Waals surface area contributed by atoms with Gasteiger partial charge < -0.3 is 4.74 Å². The van der Waals surface area contributed by atoms with Crippen molar-refractivity contribution in [1.29, 1.82) is 5.41 Å². The summed E-state index contributed by atoms with van der Waals surface area (Å²) in [6.45, 7) is 2.11. The molecule has 70 valence electrons. The van der Waals surface area contributed by atoms with Crippen LogP contribution < -0.4 is 4.74 Å². The van der Waals surface area contributed by atoms with Gasteiger partial charge in [-0.3, -0.25) is 5.41 Å². The predicted molar refractivity (Wildman–Crippen MR) is 54.3 cm³/mol. The summed E-state index contributed by atoms with van der Waals surface area (Å²) < 4.78 is 5.30. The molecule has 0 unspecified atom stereocenters. The summed E-state index contributed by atoms with van der Waals surface area (Å²) >= 11 is 0. The second-order valence-electron chi connectivity index (χ2n) is 2.94. The van der Waals surface area contributed by atoms with Crippen molar-refractivity contribution in [2.45, 2.75) is 26.2 Å². The molecule has 0 aliphatic rings. The molecule has 0 saturated heterocycles.